The van der Waals surface area contributed by atoms with Gasteiger partial charge in [0.05, 0.1) is 7.11 Å². The molecule has 106 valence electrons. The number of ether oxygens (including phenoxy) is 1. The predicted octanol–water partition coefficient (Wildman–Crippen LogP) is 3.72. The molecule has 0 radical (unpaired) electrons. The Morgan fingerprint density at radius 2 is 2.11 bits per heavy atom. The smallest absolute Gasteiger partial charge is 0.162 e. The normalized spacial score (nSPS) is 23.3. The summed E-state index contributed by atoms with van der Waals surface area (Å²) < 4.78 is 5.12. The first-order valence-corrected chi connectivity index (χ1v) is 7.28. The second-order valence-corrected chi connectivity index (χ2v) is 5.80. The Labute approximate surface area is 119 Å². The minimum absolute atomic E-state index is 0.183. The lowest BCUT2D eigenvalue weighted by Crippen LogP contribution is -2.36. The summed E-state index contributed by atoms with van der Waals surface area (Å²) in [7, 11) is 1.53. The molecule has 0 aromatic heterocycles. The molecule has 1 fully saturated rings. The Morgan fingerprint density at radius 3 is 2.79 bits per heavy atom. The summed E-state index contributed by atoms with van der Waals surface area (Å²) in [6, 6.07) is 3.95. The molecule has 4 heteroatoms. The molecule has 1 aromatic carbocycles. The minimum Gasteiger partial charge on any atom is -0.504 e. The average molecular weight is 284 g/mol. The number of rotatable bonds is 4. The Morgan fingerprint density at radius 1 is 1.37 bits per heavy atom. The van der Waals surface area contributed by atoms with Crippen molar-refractivity contribution >= 4 is 11.6 Å². The van der Waals surface area contributed by atoms with Crippen molar-refractivity contribution in [3.05, 3.63) is 22.7 Å². The molecule has 0 saturated heterocycles. The van der Waals surface area contributed by atoms with Crippen molar-refractivity contribution in [3.8, 4) is 11.5 Å². The van der Waals surface area contributed by atoms with E-state index in [9.17, 15) is 5.11 Å². The molecule has 1 aromatic rings. The van der Waals surface area contributed by atoms with Crippen LogP contribution in [0.15, 0.2) is 12.1 Å². The van der Waals surface area contributed by atoms with E-state index in [1.807, 2.05) is 0 Å². The van der Waals surface area contributed by atoms with E-state index in [2.05, 4.69) is 12.2 Å². The highest BCUT2D eigenvalue weighted by molar-refractivity contribution is 6.30. The van der Waals surface area contributed by atoms with Gasteiger partial charge in [-0.25, -0.2) is 0 Å². The van der Waals surface area contributed by atoms with Gasteiger partial charge in [-0.15, -0.1) is 0 Å². The molecule has 1 aliphatic rings. The van der Waals surface area contributed by atoms with Gasteiger partial charge in [-0.05, 0) is 24.8 Å². The number of phenols is 1. The van der Waals surface area contributed by atoms with Crippen molar-refractivity contribution in [2.75, 3.05) is 7.11 Å². The van der Waals surface area contributed by atoms with Crippen LogP contribution in [-0.4, -0.2) is 18.3 Å². The van der Waals surface area contributed by atoms with Gasteiger partial charge in [0.1, 0.15) is 0 Å². The lowest BCUT2D eigenvalue weighted by atomic mass is 9.86. The van der Waals surface area contributed by atoms with E-state index < -0.39 is 0 Å². The van der Waals surface area contributed by atoms with E-state index in [1.54, 1.807) is 12.1 Å². The molecule has 0 spiro atoms. The van der Waals surface area contributed by atoms with E-state index in [4.69, 9.17) is 16.3 Å². The second-order valence-electron chi connectivity index (χ2n) is 5.36. The quantitative estimate of drug-likeness (QED) is 0.885. The summed E-state index contributed by atoms with van der Waals surface area (Å²) in [4.78, 5) is 0. The predicted molar refractivity (Wildman–Crippen MR) is 77.9 cm³/mol. The van der Waals surface area contributed by atoms with E-state index in [0.717, 1.165) is 5.56 Å². The molecule has 0 aliphatic heterocycles. The number of benzene rings is 1. The van der Waals surface area contributed by atoms with Crippen LogP contribution in [0.2, 0.25) is 5.02 Å². The summed E-state index contributed by atoms with van der Waals surface area (Å²) in [5, 5.41) is 14.2. The van der Waals surface area contributed by atoms with Gasteiger partial charge in [0.2, 0.25) is 0 Å². The molecule has 2 N–H and O–H groups in total. The van der Waals surface area contributed by atoms with Gasteiger partial charge in [0, 0.05) is 29.2 Å². The van der Waals surface area contributed by atoms with Crippen LogP contribution < -0.4 is 10.1 Å². The number of aromatic hydroxyl groups is 1. The van der Waals surface area contributed by atoms with Crippen molar-refractivity contribution in [1.82, 2.24) is 5.32 Å². The molecule has 1 aliphatic carbocycles. The Balaban J connectivity index is 2.04. The second kappa shape index (κ2) is 6.49. The van der Waals surface area contributed by atoms with E-state index in [1.165, 1.54) is 32.8 Å². The largest absolute Gasteiger partial charge is 0.504 e. The molecule has 19 heavy (non-hydrogen) atoms. The number of methoxy groups -OCH3 is 1. The molecule has 2 atom stereocenters. The van der Waals surface area contributed by atoms with Crippen molar-refractivity contribution in [2.24, 2.45) is 5.92 Å². The fourth-order valence-electron chi connectivity index (χ4n) is 2.78. The maximum Gasteiger partial charge on any atom is 0.162 e. The third-order valence-corrected chi connectivity index (χ3v) is 4.22. The van der Waals surface area contributed by atoms with Crippen LogP contribution in [0.25, 0.3) is 0 Å². The highest BCUT2D eigenvalue weighted by Crippen LogP contribution is 2.33. The Bertz CT molecular complexity index is 436. The number of halogens is 1. The molecule has 0 heterocycles. The van der Waals surface area contributed by atoms with E-state index >= 15 is 0 Å². The Kier molecular flexibility index (Phi) is 4.94. The van der Waals surface area contributed by atoms with Crippen molar-refractivity contribution in [2.45, 2.75) is 45.2 Å². The van der Waals surface area contributed by atoms with Crippen LogP contribution in [0.3, 0.4) is 0 Å². The van der Waals surface area contributed by atoms with Crippen LogP contribution in [0.1, 0.15) is 38.2 Å². The highest BCUT2D eigenvalue weighted by atomic mass is 35.5. The number of phenolic OH excluding ortho intramolecular Hbond substituents is 1. The van der Waals surface area contributed by atoms with Gasteiger partial charge < -0.3 is 15.2 Å². The highest BCUT2D eigenvalue weighted by Gasteiger charge is 2.21. The Hall–Kier alpha value is -0.930. The zero-order valence-electron chi connectivity index (χ0n) is 11.6. The molecule has 3 nitrogen and oxygen atoms in total. The average Bonchev–Trinajstić information content (AvgIpc) is 2.41. The maximum atomic E-state index is 10.1. The van der Waals surface area contributed by atoms with Gasteiger partial charge >= 0.3 is 0 Å². The van der Waals surface area contributed by atoms with Gasteiger partial charge in [0.25, 0.3) is 0 Å². The summed E-state index contributed by atoms with van der Waals surface area (Å²) in [5.41, 5.74) is 0.794. The molecular weight excluding hydrogens is 262 g/mol. The topological polar surface area (TPSA) is 41.5 Å². The first kappa shape index (κ1) is 14.5. The van der Waals surface area contributed by atoms with Crippen molar-refractivity contribution in [1.29, 1.82) is 0 Å². The minimum atomic E-state index is 0.183. The lowest BCUT2D eigenvalue weighted by Gasteiger charge is -2.29. The number of hydrogen-bond donors (Lipinski definition) is 2. The van der Waals surface area contributed by atoms with E-state index in [-0.39, 0.29) is 5.75 Å². The summed E-state index contributed by atoms with van der Waals surface area (Å²) in [6.45, 7) is 2.91. The van der Waals surface area contributed by atoms with Crippen LogP contribution in [0, 0.1) is 5.92 Å². The lowest BCUT2D eigenvalue weighted by molar-refractivity contribution is 0.278. The molecular formula is C15H22ClNO2. The van der Waals surface area contributed by atoms with Crippen molar-refractivity contribution < 1.29 is 9.84 Å². The van der Waals surface area contributed by atoms with Crippen LogP contribution in [-0.2, 0) is 6.54 Å². The van der Waals surface area contributed by atoms with Gasteiger partial charge in [-0.3, -0.25) is 0 Å². The standard InChI is InChI=1S/C15H22ClNO2/c1-10-5-3-4-6-13(10)17-9-11-7-12(16)8-14(19-2)15(11)18/h7-8,10,13,17-18H,3-6,9H2,1-2H3. The van der Waals surface area contributed by atoms with Gasteiger partial charge in [-0.1, -0.05) is 31.4 Å². The van der Waals surface area contributed by atoms with Gasteiger partial charge in [-0.2, -0.15) is 0 Å². The zero-order chi connectivity index (χ0) is 13.8. The fourth-order valence-corrected chi connectivity index (χ4v) is 3.01. The molecule has 1 saturated carbocycles. The van der Waals surface area contributed by atoms with Crippen molar-refractivity contribution in [3.63, 3.8) is 0 Å². The first-order chi connectivity index (χ1) is 9.11. The van der Waals surface area contributed by atoms with Crippen LogP contribution >= 0.6 is 11.6 Å². The van der Waals surface area contributed by atoms with Crippen LogP contribution in [0.5, 0.6) is 11.5 Å². The summed E-state index contributed by atoms with van der Waals surface area (Å²) in [5.74, 6) is 1.31. The SMILES string of the molecule is COc1cc(Cl)cc(CNC2CCCCC2C)c1O. The summed E-state index contributed by atoms with van der Waals surface area (Å²) >= 11 is 6.03. The molecule has 0 bridgehead atoms. The third kappa shape index (κ3) is 3.54. The van der Waals surface area contributed by atoms with Crippen LogP contribution in [0.4, 0.5) is 0 Å². The zero-order valence-corrected chi connectivity index (χ0v) is 12.3. The van der Waals surface area contributed by atoms with E-state index in [0.29, 0.717) is 29.3 Å². The number of hydrogen-bond acceptors (Lipinski definition) is 3. The first-order valence-electron chi connectivity index (χ1n) is 6.90. The summed E-state index contributed by atoms with van der Waals surface area (Å²) in [6.07, 6.45) is 5.10. The number of nitrogens with one attached hydrogen (secondary N) is 1. The molecule has 2 rings (SSSR count). The monoisotopic (exact) mass is 283 g/mol. The third-order valence-electron chi connectivity index (χ3n) is 4.00. The molecule has 0 amide bonds. The molecule has 2 unspecified atom stereocenters. The fraction of sp³-hybridized carbons (Fsp3) is 0.600. The maximum absolute atomic E-state index is 10.1. The van der Waals surface area contributed by atoms with Gasteiger partial charge in [0.15, 0.2) is 11.5 Å².